The van der Waals surface area contributed by atoms with Gasteiger partial charge >= 0.3 is 13.8 Å². The Balaban J connectivity index is 4.55. The molecule has 0 aliphatic carbocycles. The van der Waals surface area contributed by atoms with E-state index in [0.29, 0.717) is 0 Å². The molecule has 0 heterocycles. The highest BCUT2D eigenvalue weighted by Gasteiger charge is 2.41. The highest BCUT2D eigenvalue weighted by Crippen LogP contribution is 2.45. The van der Waals surface area contributed by atoms with Gasteiger partial charge in [0, 0.05) is 0 Å². The monoisotopic (exact) mass is 242 g/mol. The number of carbonyl (C=O) groups is 1. The summed E-state index contributed by atoms with van der Waals surface area (Å²) in [6.45, 7) is 4.26. The summed E-state index contributed by atoms with van der Waals surface area (Å²) in [5.74, 6) is -1.35. The van der Waals surface area contributed by atoms with Gasteiger partial charge in [-0.3, -0.25) is 9.42 Å². The summed E-state index contributed by atoms with van der Waals surface area (Å²) < 4.78 is 33.1. The molecule has 0 aliphatic rings. The molecule has 0 aromatic rings. The summed E-state index contributed by atoms with van der Waals surface area (Å²) in [5, 5.41) is 0. The van der Waals surface area contributed by atoms with Crippen LogP contribution in [-0.2, 0) is 18.4 Å². The third-order valence-electron chi connectivity index (χ3n) is 1.98. The summed E-state index contributed by atoms with van der Waals surface area (Å²) in [4.78, 5) is 20.2. The van der Waals surface area contributed by atoms with E-state index < -0.39 is 19.5 Å². The lowest BCUT2D eigenvalue weighted by Gasteiger charge is -2.21. The molecule has 0 rings (SSSR count). The normalized spacial score (nSPS) is 15.8. The van der Waals surface area contributed by atoms with Gasteiger partial charge in [-0.1, -0.05) is 13.8 Å². The Hall–Kier alpha value is -0.450. The molecule has 0 amide bonds. The highest BCUT2D eigenvalue weighted by molar-refractivity contribution is 7.48. The van der Waals surface area contributed by atoms with Crippen molar-refractivity contribution in [3.63, 3.8) is 0 Å². The Kier molecular flexibility index (Phi) is 5.42. The van der Waals surface area contributed by atoms with Crippen molar-refractivity contribution in [3.8, 4) is 0 Å². The van der Waals surface area contributed by atoms with E-state index in [-0.39, 0.29) is 19.4 Å². The fraction of sp³-hybridized carbons (Fsp3) is 0.875. The number of hydrogen-bond acceptors (Lipinski definition) is 4. The lowest BCUT2D eigenvalue weighted by molar-refractivity contribution is -0.150. The summed E-state index contributed by atoms with van der Waals surface area (Å²) in [5.41, 5.74) is -2.23. The molecule has 7 heteroatoms. The number of phosphoric acid groups is 1. The maximum atomic E-state index is 13.7. The molecule has 1 atom stereocenters. The second-order valence-corrected chi connectivity index (χ2v) is 4.32. The first-order valence-corrected chi connectivity index (χ1v) is 6.21. The first-order chi connectivity index (χ1) is 6.81. The SMILES string of the molecule is CCOP(=O)(O)OC(=O)C(F)(CC)CC. The van der Waals surface area contributed by atoms with Gasteiger partial charge in [0.05, 0.1) is 6.61 Å². The molecule has 5 nitrogen and oxygen atoms in total. The molecule has 0 fully saturated rings. The molecular weight excluding hydrogens is 226 g/mol. The topological polar surface area (TPSA) is 72.8 Å². The van der Waals surface area contributed by atoms with Crippen molar-refractivity contribution in [1.82, 2.24) is 0 Å². The molecular formula is C8H16FO5P. The molecule has 0 aromatic heterocycles. The minimum atomic E-state index is -4.46. The third-order valence-corrected chi connectivity index (χ3v) is 2.96. The second-order valence-electron chi connectivity index (χ2n) is 2.94. The van der Waals surface area contributed by atoms with Gasteiger partial charge in [0.25, 0.3) is 0 Å². The van der Waals surface area contributed by atoms with Crippen molar-refractivity contribution >= 4 is 13.8 Å². The molecule has 0 saturated carbocycles. The Morgan fingerprint density at radius 3 is 2.20 bits per heavy atom. The zero-order chi connectivity index (χ0) is 12.1. The molecule has 90 valence electrons. The summed E-state index contributed by atoms with van der Waals surface area (Å²) in [6.07, 6.45) is -0.233. The number of halogens is 1. The van der Waals surface area contributed by atoms with E-state index in [1.165, 1.54) is 20.8 Å². The van der Waals surface area contributed by atoms with Crippen LogP contribution in [0.15, 0.2) is 0 Å². The average molecular weight is 242 g/mol. The van der Waals surface area contributed by atoms with Crippen molar-refractivity contribution < 1.29 is 27.7 Å². The van der Waals surface area contributed by atoms with E-state index in [2.05, 4.69) is 9.05 Å². The number of alkyl halides is 1. The quantitative estimate of drug-likeness (QED) is 0.723. The van der Waals surface area contributed by atoms with Crippen LogP contribution in [0.25, 0.3) is 0 Å². The van der Waals surface area contributed by atoms with Crippen LogP contribution in [0.2, 0.25) is 0 Å². The Morgan fingerprint density at radius 1 is 1.40 bits per heavy atom. The van der Waals surface area contributed by atoms with E-state index >= 15 is 0 Å². The van der Waals surface area contributed by atoms with Crippen LogP contribution in [0.5, 0.6) is 0 Å². The molecule has 1 N–H and O–H groups in total. The minimum Gasteiger partial charge on any atom is -0.368 e. The number of phosphoric ester groups is 1. The predicted molar refractivity (Wildman–Crippen MR) is 52.0 cm³/mol. The summed E-state index contributed by atoms with van der Waals surface area (Å²) in [6, 6.07) is 0. The molecule has 0 bridgehead atoms. The highest BCUT2D eigenvalue weighted by atomic mass is 31.2. The van der Waals surface area contributed by atoms with Crippen LogP contribution in [0.1, 0.15) is 33.6 Å². The van der Waals surface area contributed by atoms with Crippen LogP contribution in [0.4, 0.5) is 4.39 Å². The van der Waals surface area contributed by atoms with E-state index in [0.717, 1.165) is 0 Å². The van der Waals surface area contributed by atoms with Crippen LogP contribution in [-0.4, -0.2) is 23.1 Å². The summed E-state index contributed by atoms with van der Waals surface area (Å²) >= 11 is 0. The van der Waals surface area contributed by atoms with Gasteiger partial charge in [0.2, 0.25) is 5.67 Å². The van der Waals surface area contributed by atoms with E-state index in [4.69, 9.17) is 4.89 Å². The van der Waals surface area contributed by atoms with Gasteiger partial charge < -0.3 is 4.52 Å². The van der Waals surface area contributed by atoms with Gasteiger partial charge in [0.15, 0.2) is 0 Å². The Labute approximate surface area is 88.2 Å². The Morgan fingerprint density at radius 2 is 1.87 bits per heavy atom. The maximum absolute atomic E-state index is 13.7. The number of rotatable bonds is 6. The standard InChI is InChI=1S/C8H16FO5P/c1-4-8(9,5-2)7(10)14-15(11,12)13-6-3/h4-6H2,1-3H3,(H,11,12). The van der Waals surface area contributed by atoms with E-state index in [9.17, 15) is 13.8 Å². The van der Waals surface area contributed by atoms with Crippen molar-refractivity contribution in [2.75, 3.05) is 6.61 Å². The minimum absolute atomic E-state index is 0.0986. The van der Waals surface area contributed by atoms with Crippen molar-refractivity contribution in [3.05, 3.63) is 0 Å². The number of hydrogen-bond donors (Lipinski definition) is 1. The lowest BCUT2D eigenvalue weighted by Crippen LogP contribution is -2.33. The van der Waals surface area contributed by atoms with Gasteiger partial charge in [-0.15, -0.1) is 0 Å². The third kappa shape index (κ3) is 4.28. The van der Waals surface area contributed by atoms with Crippen LogP contribution in [0.3, 0.4) is 0 Å². The molecule has 0 aliphatic heterocycles. The van der Waals surface area contributed by atoms with Crippen molar-refractivity contribution in [2.24, 2.45) is 0 Å². The molecule has 0 aromatic carbocycles. The first kappa shape index (κ1) is 14.6. The second kappa shape index (κ2) is 5.58. The Bertz CT molecular complexity index is 264. The molecule has 0 radical (unpaired) electrons. The largest absolute Gasteiger partial charge is 0.529 e. The predicted octanol–water partition coefficient (Wildman–Crippen LogP) is 2.19. The fourth-order valence-corrected chi connectivity index (χ4v) is 1.67. The van der Waals surface area contributed by atoms with Gasteiger partial charge in [-0.25, -0.2) is 13.8 Å². The van der Waals surface area contributed by atoms with Crippen LogP contribution >= 0.6 is 7.82 Å². The zero-order valence-electron chi connectivity index (χ0n) is 9.03. The van der Waals surface area contributed by atoms with Gasteiger partial charge in [-0.05, 0) is 19.8 Å². The van der Waals surface area contributed by atoms with Crippen molar-refractivity contribution in [2.45, 2.75) is 39.3 Å². The average Bonchev–Trinajstić information content (AvgIpc) is 2.15. The van der Waals surface area contributed by atoms with E-state index in [1.807, 2.05) is 0 Å². The molecule has 15 heavy (non-hydrogen) atoms. The molecule has 0 saturated heterocycles. The van der Waals surface area contributed by atoms with Crippen LogP contribution in [0, 0.1) is 0 Å². The van der Waals surface area contributed by atoms with E-state index in [1.54, 1.807) is 0 Å². The fourth-order valence-electron chi connectivity index (χ4n) is 0.915. The number of carbonyl (C=O) groups excluding carboxylic acids is 1. The zero-order valence-corrected chi connectivity index (χ0v) is 9.92. The first-order valence-electron chi connectivity index (χ1n) is 4.71. The van der Waals surface area contributed by atoms with Gasteiger partial charge in [0.1, 0.15) is 0 Å². The van der Waals surface area contributed by atoms with Gasteiger partial charge in [-0.2, -0.15) is 0 Å². The summed E-state index contributed by atoms with van der Waals surface area (Å²) in [7, 11) is -4.46. The smallest absolute Gasteiger partial charge is 0.368 e. The maximum Gasteiger partial charge on any atom is 0.529 e. The molecule has 1 unspecified atom stereocenters. The lowest BCUT2D eigenvalue weighted by atomic mass is 10.0. The van der Waals surface area contributed by atoms with Crippen LogP contribution < -0.4 is 0 Å². The van der Waals surface area contributed by atoms with Crippen molar-refractivity contribution in [1.29, 1.82) is 0 Å². The molecule has 0 spiro atoms.